The van der Waals surface area contributed by atoms with Gasteiger partial charge >= 0.3 is 5.97 Å². The third-order valence-corrected chi connectivity index (χ3v) is 3.42. The van der Waals surface area contributed by atoms with Crippen LogP contribution in [0.3, 0.4) is 0 Å². The number of rotatable bonds is 4. The molecular weight excluding hydrogens is 320 g/mol. The summed E-state index contributed by atoms with van der Waals surface area (Å²) in [5.74, 6) is -1.08. The van der Waals surface area contributed by atoms with Crippen LogP contribution in [0.1, 0.15) is 26.3 Å². The van der Waals surface area contributed by atoms with Crippen molar-refractivity contribution in [2.24, 2.45) is 0 Å². The van der Waals surface area contributed by atoms with E-state index in [0.717, 1.165) is 10.0 Å². The zero-order valence-electron chi connectivity index (χ0n) is 10.4. The zero-order chi connectivity index (χ0) is 14.5. The fourth-order valence-corrected chi connectivity index (χ4v) is 2.14. The average molecular weight is 331 g/mol. The fourth-order valence-electron chi connectivity index (χ4n) is 1.66. The molecule has 0 saturated carbocycles. The molecule has 3 nitrogen and oxygen atoms in total. The number of carboxylic acid groups (broad SMARTS) is 1. The lowest BCUT2D eigenvalue weighted by molar-refractivity contribution is 0.0696. The maximum Gasteiger partial charge on any atom is 0.335 e. The summed E-state index contributed by atoms with van der Waals surface area (Å²) in [5, 5.41) is 8.80. The van der Waals surface area contributed by atoms with Crippen molar-refractivity contribution in [1.29, 1.82) is 0 Å². The Labute approximate surface area is 124 Å². The van der Waals surface area contributed by atoms with Crippen molar-refractivity contribution in [2.45, 2.75) is 0 Å². The summed E-state index contributed by atoms with van der Waals surface area (Å²) in [6.07, 6.45) is 3.13. The largest absolute Gasteiger partial charge is 0.478 e. The van der Waals surface area contributed by atoms with Gasteiger partial charge in [-0.15, -0.1) is 0 Å². The molecule has 0 aromatic heterocycles. The smallest absolute Gasteiger partial charge is 0.335 e. The first-order valence-electron chi connectivity index (χ1n) is 5.88. The van der Waals surface area contributed by atoms with Crippen LogP contribution in [0.2, 0.25) is 0 Å². The van der Waals surface area contributed by atoms with E-state index in [1.165, 1.54) is 18.2 Å². The van der Waals surface area contributed by atoms with Crippen LogP contribution >= 0.6 is 15.9 Å². The molecule has 100 valence electrons. The minimum absolute atomic E-state index is 0.111. The minimum Gasteiger partial charge on any atom is -0.478 e. The Morgan fingerprint density at radius 1 is 1.00 bits per heavy atom. The Morgan fingerprint density at radius 3 is 2.25 bits per heavy atom. The third-order valence-electron chi connectivity index (χ3n) is 2.72. The summed E-state index contributed by atoms with van der Waals surface area (Å²) in [6.45, 7) is 0. The van der Waals surface area contributed by atoms with Gasteiger partial charge in [0, 0.05) is 10.0 Å². The number of hydrogen-bond acceptors (Lipinski definition) is 2. The highest BCUT2D eigenvalue weighted by Crippen LogP contribution is 2.17. The summed E-state index contributed by atoms with van der Waals surface area (Å²) >= 11 is 3.33. The summed E-state index contributed by atoms with van der Waals surface area (Å²) in [4.78, 5) is 22.7. The topological polar surface area (TPSA) is 54.4 Å². The minimum atomic E-state index is -0.968. The Hall–Kier alpha value is -2.20. The third kappa shape index (κ3) is 3.42. The molecule has 0 saturated heterocycles. The van der Waals surface area contributed by atoms with Crippen LogP contribution in [0.4, 0.5) is 0 Å². The van der Waals surface area contributed by atoms with E-state index >= 15 is 0 Å². The van der Waals surface area contributed by atoms with Crippen LogP contribution in [0.15, 0.2) is 59.1 Å². The number of carboxylic acids is 1. The monoisotopic (exact) mass is 330 g/mol. The van der Waals surface area contributed by atoms with Crippen molar-refractivity contribution in [1.82, 2.24) is 0 Å². The quantitative estimate of drug-likeness (QED) is 0.679. The molecular formula is C16H11BrO3. The van der Waals surface area contributed by atoms with Crippen LogP contribution in [0.25, 0.3) is 6.08 Å². The number of allylic oxidation sites excluding steroid dienone is 1. The van der Waals surface area contributed by atoms with Crippen LogP contribution in [-0.4, -0.2) is 16.9 Å². The molecule has 0 unspecified atom stereocenters. The molecule has 2 aromatic carbocycles. The van der Waals surface area contributed by atoms with E-state index in [-0.39, 0.29) is 11.3 Å². The van der Waals surface area contributed by atoms with Crippen molar-refractivity contribution in [2.75, 3.05) is 0 Å². The molecule has 0 aliphatic rings. The SMILES string of the molecule is O=C(O)c1ccc(/C=C/C(=O)c2ccccc2Br)cc1. The normalized spacial score (nSPS) is 10.7. The number of hydrogen-bond donors (Lipinski definition) is 1. The van der Waals surface area contributed by atoms with E-state index in [2.05, 4.69) is 15.9 Å². The standard InChI is InChI=1S/C16H11BrO3/c17-14-4-2-1-3-13(14)15(18)10-7-11-5-8-12(9-6-11)16(19)20/h1-10H,(H,19,20)/b10-7+. The van der Waals surface area contributed by atoms with Crippen molar-refractivity contribution in [3.05, 3.63) is 75.8 Å². The van der Waals surface area contributed by atoms with Crippen molar-refractivity contribution in [3.8, 4) is 0 Å². The van der Waals surface area contributed by atoms with Crippen LogP contribution in [0.5, 0.6) is 0 Å². The van der Waals surface area contributed by atoms with Gasteiger partial charge in [0.2, 0.25) is 0 Å². The number of carbonyl (C=O) groups excluding carboxylic acids is 1. The van der Waals surface area contributed by atoms with E-state index in [9.17, 15) is 9.59 Å². The summed E-state index contributed by atoms with van der Waals surface area (Å²) in [7, 11) is 0. The van der Waals surface area contributed by atoms with Gasteiger partial charge in [-0.2, -0.15) is 0 Å². The summed E-state index contributed by atoms with van der Waals surface area (Å²) in [5.41, 5.74) is 1.58. The number of benzene rings is 2. The van der Waals surface area contributed by atoms with Gasteiger partial charge < -0.3 is 5.11 Å². The van der Waals surface area contributed by atoms with E-state index in [4.69, 9.17) is 5.11 Å². The van der Waals surface area contributed by atoms with Crippen molar-refractivity contribution >= 4 is 33.8 Å². The molecule has 0 amide bonds. The molecule has 0 spiro atoms. The molecule has 1 N–H and O–H groups in total. The molecule has 0 bridgehead atoms. The molecule has 0 radical (unpaired) electrons. The van der Waals surface area contributed by atoms with E-state index in [0.29, 0.717) is 5.56 Å². The van der Waals surface area contributed by atoms with E-state index in [1.54, 1.807) is 30.3 Å². The van der Waals surface area contributed by atoms with E-state index < -0.39 is 5.97 Å². The van der Waals surface area contributed by atoms with Crippen LogP contribution in [0, 0.1) is 0 Å². The van der Waals surface area contributed by atoms with E-state index in [1.807, 2.05) is 12.1 Å². The lowest BCUT2D eigenvalue weighted by Gasteiger charge is -1.99. The fraction of sp³-hybridized carbons (Fsp3) is 0. The second-order valence-electron chi connectivity index (χ2n) is 4.10. The second kappa shape index (κ2) is 6.30. The van der Waals surface area contributed by atoms with Crippen LogP contribution < -0.4 is 0 Å². The number of ketones is 1. The van der Waals surface area contributed by atoms with Gasteiger partial charge in [-0.1, -0.05) is 46.3 Å². The Balaban J connectivity index is 2.15. The molecule has 0 aliphatic heterocycles. The van der Waals surface area contributed by atoms with Gasteiger partial charge in [0.15, 0.2) is 5.78 Å². The summed E-state index contributed by atoms with van der Waals surface area (Å²) < 4.78 is 0.746. The lowest BCUT2D eigenvalue weighted by atomic mass is 10.1. The van der Waals surface area contributed by atoms with Crippen molar-refractivity contribution in [3.63, 3.8) is 0 Å². The van der Waals surface area contributed by atoms with Gasteiger partial charge in [0.1, 0.15) is 0 Å². The maximum atomic E-state index is 12.0. The maximum absolute atomic E-state index is 12.0. The molecule has 0 fully saturated rings. The molecule has 20 heavy (non-hydrogen) atoms. The molecule has 0 heterocycles. The highest BCUT2D eigenvalue weighted by atomic mass is 79.9. The van der Waals surface area contributed by atoms with Crippen LogP contribution in [-0.2, 0) is 0 Å². The Morgan fingerprint density at radius 2 is 1.65 bits per heavy atom. The van der Waals surface area contributed by atoms with Gasteiger partial charge in [0.05, 0.1) is 5.56 Å². The first-order valence-corrected chi connectivity index (χ1v) is 6.67. The Bertz CT molecular complexity index is 672. The van der Waals surface area contributed by atoms with Gasteiger partial charge in [-0.05, 0) is 35.9 Å². The lowest BCUT2D eigenvalue weighted by Crippen LogP contribution is -1.96. The first-order chi connectivity index (χ1) is 9.58. The number of aromatic carboxylic acids is 1. The van der Waals surface area contributed by atoms with Gasteiger partial charge in [-0.3, -0.25) is 4.79 Å². The number of halogens is 1. The summed E-state index contributed by atoms with van der Waals surface area (Å²) in [6, 6.07) is 13.5. The molecule has 2 aromatic rings. The first kappa shape index (κ1) is 14.2. The van der Waals surface area contributed by atoms with Gasteiger partial charge in [-0.25, -0.2) is 4.79 Å². The molecule has 0 aliphatic carbocycles. The second-order valence-corrected chi connectivity index (χ2v) is 4.96. The molecule has 4 heteroatoms. The molecule has 2 rings (SSSR count). The predicted molar refractivity (Wildman–Crippen MR) is 80.9 cm³/mol. The zero-order valence-corrected chi connectivity index (χ0v) is 12.0. The van der Waals surface area contributed by atoms with Gasteiger partial charge in [0.25, 0.3) is 0 Å². The number of carbonyl (C=O) groups is 2. The predicted octanol–water partition coefficient (Wildman–Crippen LogP) is 4.04. The Kier molecular flexibility index (Phi) is 4.48. The highest BCUT2D eigenvalue weighted by molar-refractivity contribution is 9.10. The van der Waals surface area contributed by atoms with Crippen molar-refractivity contribution < 1.29 is 14.7 Å². The molecule has 0 atom stereocenters. The average Bonchev–Trinajstić information content (AvgIpc) is 2.45. The highest BCUT2D eigenvalue weighted by Gasteiger charge is 2.05.